The zero-order valence-electron chi connectivity index (χ0n) is 11.6. The van der Waals surface area contributed by atoms with Crippen molar-refractivity contribution in [1.29, 1.82) is 0 Å². The number of hydrogen-bond donors (Lipinski definition) is 1. The average molecular weight is 322 g/mol. The van der Waals surface area contributed by atoms with E-state index in [0.29, 0.717) is 16.5 Å². The number of esters is 1. The smallest absolute Gasteiger partial charge is 0.309 e. The number of hydrogen-bond acceptors (Lipinski definition) is 4. The second kappa shape index (κ2) is 7.38. The summed E-state index contributed by atoms with van der Waals surface area (Å²) in [7, 11) is 1.39. The number of nitrogens with two attached hydrogens (primary N) is 1. The van der Waals surface area contributed by atoms with Crippen molar-refractivity contribution >= 4 is 35.0 Å². The highest BCUT2D eigenvalue weighted by molar-refractivity contribution is 7.98. The number of nitrogen functional groups attached to an aromatic ring is 1. The monoisotopic (exact) mass is 321 g/mol. The number of benzene rings is 2. The molecule has 2 N–H and O–H groups in total. The Hall–Kier alpha value is -1.65. The summed E-state index contributed by atoms with van der Waals surface area (Å²) in [6, 6.07) is 13.3. The molecule has 0 unspecified atom stereocenters. The Labute approximate surface area is 133 Å². The van der Waals surface area contributed by atoms with Crippen LogP contribution in [0, 0.1) is 0 Å². The van der Waals surface area contributed by atoms with Gasteiger partial charge in [-0.15, -0.1) is 11.8 Å². The van der Waals surface area contributed by atoms with Crippen LogP contribution in [0.1, 0.15) is 11.1 Å². The predicted octanol–water partition coefficient (Wildman–Crippen LogP) is 3.93. The van der Waals surface area contributed by atoms with Crippen molar-refractivity contribution < 1.29 is 9.53 Å². The molecule has 3 nitrogen and oxygen atoms in total. The molecule has 0 amide bonds. The van der Waals surface area contributed by atoms with Gasteiger partial charge in [-0.25, -0.2) is 0 Å². The van der Waals surface area contributed by atoms with Crippen LogP contribution in [0.5, 0.6) is 0 Å². The number of carbonyl (C=O) groups excluding carboxylic acids is 1. The molecule has 0 atom stereocenters. The molecular weight excluding hydrogens is 306 g/mol. The first-order valence-corrected chi connectivity index (χ1v) is 7.78. The van der Waals surface area contributed by atoms with E-state index in [-0.39, 0.29) is 12.4 Å². The number of ether oxygens (including phenoxy) is 1. The summed E-state index contributed by atoms with van der Waals surface area (Å²) in [6.45, 7) is 0. The number of halogens is 1. The van der Waals surface area contributed by atoms with Gasteiger partial charge in [0.1, 0.15) is 0 Å². The minimum atomic E-state index is -0.246. The molecule has 0 aliphatic heterocycles. The van der Waals surface area contributed by atoms with Crippen molar-refractivity contribution in [2.24, 2.45) is 0 Å². The molecule has 0 radical (unpaired) electrons. The summed E-state index contributed by atoms with van der Waals surface area (Å²) >= 11 is 7.73. The summed E-state index contributed by atoms with van der Waals surface area (Å²) in [4.78, 5) is 12.3. The van der Waals surface area contributed by atoms with Crippen LogP contribution in [0.15, 0.2) is 47.4 Å². The Bertz CT molecular complexity index is 626. The minimum absolute atomic E-state index is 0.246. The van der Waals surface area contributed by atoms with Gasteiger partial charge >= 0.3 is 5.97 Å². The highest BCUT2D eigenvalue weighted by atomic mass is 35.5. The fourth-order valence-corrected chi connectivity index (χ4v) is 3.29. The zero-order valence-corrected chi connectivity index (χ0v) is 13.2. The molecule has 0 heterocycles. The van der Waals surface area contributed by atoms with Gasteiger partial charge in [0.15, 0.2) is 0 Å². The lowest BCUT2D eigenvalue weighted by Gasteiger charge is -2.10. The second-order valence-corrected chi connectivity index (χ2v) is 5.86. The summed E-state index contributed by atoms with van der Waals surface area (Å²) < 4.78 is 4.72. The van der Waals surface area contributed by atoms with Gasteiger partial charge < -0.3 is 10.5 Å². The third-order valence-corrected chi connectivity index (χ3v) is 4.68. The second-order valence-electron chi connectivity index (χ2n) is 4.47. The van der Waals surface area contributed by atoms with Gasteiger partial charge in [-0.2, -0.15) is 0 Å². The van der Waals surface area contributed by atoms with Crippen molar-refractivity contribution in [3.05, 3.63) is 58.6 Å². The summed E-state index contributed by atoms with van der Waals surface area (Å²) in [6.07, 6.45) is 0.269. The van der Waals surface area contributed by atoms with Crippen LogP contribution in [0.4, 0.5) is 5.69 Å². The standard InChI is InChI=1S/C16H16ClNO2S/c1-20-15(19)9-11-5-2-3-6-12(11)10-21-16-13(17)7-4-8-14(16)18/h2-8H,9-10,18H2,1H3. The molecule has 0 bridgehead atoms. The minimum Gasteiger partial charge on any atom is -0.469 e. The topological polar surface area (TPSA) is 52.3 Å². The Morgan fingerprint density at radius 3 is 2.57 bits per heavy atom. The maximum Gasteiger partial charge on any atom is 0.309 e. The molecular formula is C16H16ClNO2S. The van der Waals surface area contributed by atoms with Crippen molar-refractivity contribution in [2.45, 2.75) is 17.1 Å². The third kappa shape index (κ3) is 4.16. The van der Waals surface area contributed by atoms with E-state index in [0.717, 1.165) is 16.0 Å². The van der Waals surface area contributed by atoms with Gasteiger partial charge in [-0.1, -0.05) is 41.9 Å². The van der Waals surface area contributed by atoms with Crippen LogP contribution in [-0.2, 0) is 21.7 Å². The first-order chi connectivity index (χ1) is 10.1. The highest BCUT2D eigenvalue weighted by Gasteiger charge is 2.10. The molecule has 0 spiro atoms. The van der Waals surface area contributed by atoms with E-state index in [1.807, 2.05) is 42.5 Å². The summed E-state index contributed by atoms with van der Waals surface area (Å²) in [5.74, 6) is 0.450. The molecule has 0 saturated heterocycles. The largest absolute Gasteiger partial charge is 0.469 e. The molecule has 110 valence electrons. The van der Waals surface area contributed by atoms with Gasteiger partial charge in [0.25, 0.3) is 0 Å². The lowest BCUT2D eigenvalue weighted by atomic mass is 10.1. The van der Waals surface area contributed by atoms with Crippen LogP contribution < -0.4 is 5.73 Å². The number of rotatable bonds is 5. The fraction of sp³-hybridized carbons (Fsp3) is 0.188. The number of methoxy groups -OCH3 is 1. The number of anilines is 1. The van der Waals surface area contributed by atoms with Crippen LogP contribution >= 0.6 is 23.4 Å². The van der Waals surface area contributed by atoms with Crippen molar-refractivity contribution in [1.82, 2.24) is 0 Å². The number of carbonyl (C=O) groups is 1. The van der Waals surface area contributed by atoms with Gasteiger partial charge in [0.2, 0.25) is 0 Å². The Morgan fingerprint density at radius 2 is 1.90 bits per heavy atom. The molecule has 21 heavy (non-hydrogen) atoms. The van der Waals surface area contributed by atoms with Crippen molar-refractivity contribution in [3.8, 4) is 0 Å². The molecule has 2 aromatic rings. The maximum atomic E-state index is 11.4. The SMILES string of the molecule is COC(=O)Cc1ccccc1CSc1c(N)cccc1Cl. The van der Waals surface area contributed by atoms with Gasteiger partial charge in [0, 0.05) is 16.3 Å². The molecule has 2 aromatic carbocycles. The van der Waals surface area contributed by atoms with Crippen LogP contribution in [0.2, 0.25) is 5.02 Å². The Kier molecular flexibility index (Phi) is 5.53. The first-order valence-electron chi connectivity index (χ1n) is 6.42. The van der Waals surface area contributed by atoms with Crippen molar-refractivity contribution in [2.75, 3.05) is 12.8 Å². The van der Waals surface area contributed by atoms with Gasteiger partial charge in [0.05, 0.1) is 18.6 Å². The van der Waals surface area contributed by atoms with Crippen LogP contribution in [-0.4, -0.2) is 13.1 Å². The van der Waals surface area contributed by atoms with Crippen LogP contribution in [0.25, 0.3) is 0 Å². The highest BCUT2D eigenvalue weighted by Crippen LogP contribution is 2.35. The van der Waals surface area contributed by atoms with E-state index >= 15 is 0 Å². The summed E-state index contributed by atoms with van der Waals surface area (Å²) in [5.41, 5.74) is 8.65. The Morgan fingerprint density at radius 1 is 1.19 bits per heavy atom. The molecule has 0 aromatic heterocycles. The van der Waals surface area contributed by atoms with E-state index in [9.17, 15) is 4.79 Å². The molecule has 2 rings (SSSR count). The first kappa shape index (κ1) is 15.7. The molecule has 0 aliphatic carbocycles. The molecule has 5 heteroatoms. The van der Waals surface area contributed by atoms with Gasteiger partial charge in [-0.05, 0) is 23.3 Å². The fourth-order valence-electron chi connectivity index (χ4n) is 1.93. The maximum absolute atomic E-state index is 11.4. The number of thioether (sulfide) groups is 1. The lowest BCUT2D eigenvalue weighted by Crippen LogP contribution is -2.06. The third-order valence-electron chi connectivity index (χ3n) is 3.05. The zero-order chi connectivity index (χ0) is 15.2. The molecule has 0 saturated carbocycles. The van der Waals surface area contributed by atoms with Gasteiger partial charge in [-0.3, -0.25) is 4.79 Å². The molecule has 0 aliphatic rings. The quantitative estimate of drug-likeness (QED) is 0.515. The van der Waals surface area contributed by atoms with E-state index in [1.54, 1.807) is 11.8 Å². The van der Waals surface area contributed by atoms with E-state index in [1.165, 1.54) is 7.11 Å². The molecule has 0 fully saturated rings. The van der Waals surface area contributed by atoms with E-state index in [2.05, 4.69) is 0 Å². The Balaban J connectivity index is 2.15. The van der Waals surface area contributed by atoms with E-state index in [4.69, 9.17) is 22.1 Å². The average Bonchev–Trinajstić information content (AvgIpc) is 2.48. The van der Waals surface area contributed by atoms with Crippen LogP contribution in [0.3, 0.4) is 0 Å². The predicted molar refractivity (Wildman–Crippen MR) is 87.6 cm³/mol. The summed E-state index contributed by atoms with van der Waals surface area (Å²) in [5, 5.41) is 0.644. The van der Waals surface area contributed by atoms with E-state index < -0.39 is 0 Å². The van der Waals surface area contributed by atoms with Crippen molar-refractivity contribution in [3.63, 3.8) is 0 Å². The lowest BCUT2D eigenvalue weighted by molar-refractivity contribution is -0.139. The normalized spacial score (nSPS) is 10.4.